The smallest absolute Gasteiger partial charge is 0.209 e. The standard InChI is InChI=1S/C9H13N3O/c10-6-4-7-8(5-6)13-9-11-2-1-3-12(7)9/h4-5,7,9,11H,1-3,10H2. The quantitative estimate of drug-likeness (QED) is 0.536. The molecule has 3 rings (SSSR count). The van der Waals surface area contributed by atoms with E-state index in [0.29, 0.717) is 0 Å². The summed E-state index contributed by atoms with van der Waals surface area (Å²) in [5.74, 6) is 0.997. The van der Waals surface area contributed by atoms with Gasteiger partial charge in [0.15, 0.2) is 0 Å². The van der Waals surface area contributed by atoms with Crippen molar-refractivity contribution in [1.82, 2.24) is 10.2 Å². The highest BCUT2D eigenvalue weighted by molar-refractivity contribution is 5.35. The highest BCUT2D eigenvalue weighted by Gasteiger charge is 2.41. The van der Waals surface area contributed by atoms with E-state index in [0.717, 1.165) is 24.5 Å². The minimum Gasteiger partial charge on any atom is -0.464 e. The van der Waals surface area contributed by atoms with Crippen molar-refractivity contribution >= 4 is 0 Å². The molecule has 0 aromatic carbocycles. The molecule has 2 unspecified atom stereocenters. The molecule has 0 amide bonds. The van der Waals surface area contributed by atoms with Crippen molar-refractivity contribution < 1.29 is 4.74 Å². The Morgan fingerprint density at radius 3 is 3.46 bits per heavy atom. The van der Waals surface area contributed by atoms with E-state index in [4.69, 9.17) is 10.5 Å². The van der Waals surface area contributed by atoms with Crippen molar-refractivity contribution in [2.24, 2.45) is 5.73 Å². The predicted octanol–water partition coefficient (Wildman–Crippen LogP) is -0.296. The van der Waals surface area contributed by atoms with Crippen molar-refractivity contribution in [3.8, 4) is 0 Å². The summed E-state index contributed by atoms with van der Waals surface area (Å²) in [5.41, 5.74) is 6.53. The number of hydrogen-bond donors (Lipinski definition) is 2. The first-order valence-corrected chi connectivity index (χ1v) is 4.69. The fourth-order valence-electron chi connectivity index (χ4n) is 2.17. The van der Waals surface area contributed by atoms with Crippen molar-refractivity contribution in [1.29, 1.82) is 0 Å². The molecule has 4 heteroatoms. The zero-order valence-electron chi connectivity index (χ0n) is 7.36. The van der Waals surface area contributed by atoms with E-state index in [1.165, 1.54) is 6.42 Å². The van der Waals surface area contributed by atoms with E-state index < -0.39 is 0 Å². The number of ether oxygens (including phenoxy) is 1. The van der Waals surface area contributed by atoms with Gasteiger partial charge in [0.1, 0.15) is 5.76 Å². The summed E-state index contributed by atoms with van der Waals surface area (Å²) in [6, 6.07) is 0.290. The zero-order chi connectivity index (χ0) is 8.84. The minimum absolute atomic E-state index is 0.0781. The molecule has 2 atom stereocenters. The van der Waals surface area contributed by atoms with Gasteiger partial charge in [-0.3, -0.25) is 5.32 Å². The van der Waals surface area contributed by atoms with Crippen LogP contribution in [0.25, 0.3) is 0 Å². The molecule has 0 saturated carbocycles. The van der Waals surface area contributed by atoms with Gasteiger partial charge in [-0.2, -0.15) is 0 Å². The van der Waals surface area contributed by atoms with Gasteiger partial charge in [-0.25, -0.2) is 4.90 Å². The van der Waals surface area contributed by atoms with Crippen molar-refractivity contribution in [2.45, 2.75) is 18.8 Å². The molecule has 0 bridgehead atoms. The van der Waals surface area contributed by atoms with Gasteiger partial charge >= 0.3 is 0 Å². The van der Waals surface area contributed by atoms with E-state index >= 15 is 0 Å². The molecule has 13 heavy (non-hydrogen) atoms. The Morgan fingerprint density at radius 2 is 2.54 bits per heavy atom. The van der Waals surface area contributed by atoms with Crippen molar-refractivity contribution in [3.63, 3.8) is 0 Å². The zero-order valence-corrected chi connectivity index (χ0v) is 7.36. The van der Waals surface area contributed by atoms with Crippen LogP contribution in [0.4, 0.5) is 0 Å². The minimum atomic E-state index is 0.0781. The molecule has 4 nitrogen and oxygen atoms in total. The number of fused-ring (bicyclic) bond motifs is 3. The van der Waals surface area contributed by atoms with Crippen LogP contribution in [0.2, 0.25) is 0 Å². The molecule has 0 radical (unpaired) electrons. The molecule has 70 valence electrons. The first-order chi connectivity index (χ1) is 6.34. The average molecular weight is 179 g/mol. The summed E-state index contributed by atoms with van der Waals surface area (Å²) in [7, 11) is 0. The number of allylic oxidation sites excluding steroid dienone is 1. The lowest BCUT2D eigenvalue weighted by Gasteiger charge is -2.30. The third kappa shape index (κ3) is 0.990. The summed E-state index contributed by atoms with van der Waals surface area (Å²) in [6.07, 6.45) is 5.24. The number of nitrogens with two attached hydrogens (primary N) is 1. The Bertz CT molecular complexity index is 297. The van der Waals surface area contributed by atoms with Crippen LogP contribution in [-0.2, 0) is 4.74 Å². The molecule has 0 aromatic heterocycles. The highest BCUT2D eigenvalue weighted by Crippen LogP contribution is 2.32. The fraction of sp³-hybridized carbons (Fsp3) is 0.556. The van der Waals surface area contributed by atoms with Crippen LogP contribution in [-0.4, -0.2) is 30.4 Å². The molecular weight excluding hydrogens is 166 g/mol. The summed E-state index contributed by atoms with van der Waals surface area (Å²) in [5, 5.41) is 3.32. The summed E-state index contributed by atoms with van der Waals surface area (Å²) < 4.78 is 5.70. The summed E-state index contributed by atoms with van der Waals surface area (Å²) in [4.78, 5) is 2.30. The van der Waals surface area contributed by atoms with Crippen LogP contribution in [0, 0.1) is 0 Å². The Kier molecular flexibility index (Phi) is 1.42. The van der Waals surface area contributed by atoms with E-state index in [-0.39, 0.29) is 12.4 Å². The van der Waals surface area contributed by atoms with Crippen molar-refractivity contribution in [2.75, 3.05) is 13.1 Å². The second-order valence-corrected chi connectivity index (χ2v) is 3.67. The topological polar surface area (TPSA) is 50.5 Å². The van der Waals surface area contributed by atoms with Gasteiger partial charge in [0.2, 0.25) is 6.35 Å². The lowest BCUT2D eigenvalue weighted by molar-refractivity contribution is 0.00136. The van der Waals surface area contributed by atoms with Crippen LogP contribution in [0.15, 0.2) is 23.6 Å². The van der Waals surface area contributed by atoms with Crippen LogP contribution in [0.3, 0.4) is 0 Å². The van der Waals surface area contributed by atoms with Gasteiger partial charge in [-0.05, 0) is 12.5 Å². The van der Waals surface area contributed by atoms with Gasteiger partial charge in [-0.1, -0.05) is 0 Å². The molecule has 3 aliphatic rings. The molecule has 2 aliphatic heterocycles. The number of hydrogen-bond acceptors (Lipinski definition) is 4. The lowest BCUT2D eigenvalue weighted by Crippen LogP contribution is -2.50. The Morgan fingerprint density at radius 1 is 1.62 bits per heavy atom. The molecule has 0 aromatic rings. The number of rotatable bonds is 0. The predicted molar refractivity (Wildman–Crippen MR) is 48.3 cm³/mol. The van der Waals surface area contributed by atoms with E-state index in [2.05, 4.69) is 16.3 Å². The van der Waals surface area contributed by atoms with Crippen LogP contribution in [0.5, 0.6) is 0 Å². The van der Waals surface area contributed by atoms with Gasteiger partial charge in [0, 0.05) is 24.9 Å². The average Bonchev–Trinajstić information content (AvgIpc) is 2.60. The van der Waals surface area contributed by atoms with Crippen LogP contribution in [0.1, 0.15) is 6.42 Å². The lowest BCUT2D eigenvalue weighted by atomic mass is 10.2. The van der Waals surface area contributed by atoms with Crippen LogP contribution < -0.4 is 11.1 Å². The van der Waals surface area contributed by atoms with E-state index in [1.54, 1.807) is 0 Å². The third-order valence-corrected chi connectivity index (χ3v) is 2.77. The Hall–Kier alpha value is -1.00. The first-order valence-electron chi connectivity index (χ1n) is 4.69. The molecule has 0 spiro atoms. The first kappa shape index (κ1) is 7.41. The number of nitrogens with zero attached hydrogens (tertiary/aromatic N) is 1. The second kappa shape index (κ2) is 2.49. The molecule has 2 fully saturated rings. The van der Waals surface area contributed by atoms with Gasteiger partial charge in [0.25, 0.3) is 0 Å². The second-order valence-electron chi connectivity index (χ2n) is 3.67. The van der Waals surface area contributed by atoms with E-state index in [9.17, 15) is 0 Å². The van der Waals surface area contributed by atoms with Crippen LogP contribution >= 0.6 is 0 Å². The largest absolute Gasteiger partial charge is 0.464 e. The van der Waals surface area contributed by atoms with Crippen molar-refractivity contribution in [3.05, 3.63) is 23.6 Å². The summed E-state index contributed by atoms with van der Waals surface area (Å²) in [6.45, 7) is 2.13. The maximum Gasteiger partial charge on any atom is 0.209 e. The normalized spacial score (nSPS) is 37.5. The number of nitrogens with one attached hydrogen (secondary N) is 1. The van der Waals surface area contributed by atoms with Gasteiger partial charge < -0.3 is 10.5 Å². The molecule has 2 saturated heterocycles. The maximum absolute atomic E-state index is 5.70. The fourth-order valence-corrected chi connectivity index (χ4v) is 2.17. The van der Waals surface area contributed by atoms with Gasteiger partial charge in [-0.15, -0.1) is 0 Å². The SMILES string of the molecule is NC1=CC2C(=C1)OC1NCCCN12. The third-order valence-electron chi connectivity index (χ3n) is 2.77. The Balaban J connectivity index is 1.89. The molecular formula is C9H13N3O. The monoisotopic (exact) mass is 179 g/mol. The molecule has 2 heterocycles. The Labute approximate surface area is 77.0 Å². The van der Waals surface area contributed by atoms with Gasteiger partial charge in [0.05, 0.1) is 6.04 Å². The summed E-state index contributed by atoms with van der Waals surface area (Å²) >= 11 is 0. The molecule has 3 N–H and O–H groups in total. The maximum atomic E-state index is 5.70. The molecule has 1 aliphatic carbocycles. The highest BCUT2D eigenvalue weighted by atomic mass is 16.5. The van der Waals surface area contributed by atoms with E-state index in [1.807, 2.05) is 6.08 Å².